The van der Waals surface area contributed by atoms with Crippen molar-refractivity contribution in [1.82, 2.24) is 19.4 Å². The minimum absolute atomic E-state index is 0.607. The summed E-state index contributed by atoms with van der Waals surface area (Å²) in [6.45, 7) is 4.94. The normalized spacial score (nSPS) is 20.1. The minimum Gasteiger partial charge on any atom is -0.468 e. The van der Waals surface area contributed by atoms with Crippen LogP contribution in [0.15, 0.2) is 35.2 Å². The molecule has 0 radical (unpaired) electrons. The van der Waals surface area contributed by atoms with Gasteiger partial charge in [-0.1, -0.05) is 0 Å². The van der Waals surface area contributed by atoms with Crippen molar-refractivity contribution in [1.29, 1.82) is 0 Å². The van der Waals surface area contributed by atoms with Crippen molar-refractivity contribution in [3.8, 4) is 0 Å². The van der Waals surface area contributed by atoms with Gasteiger partial charge in [0.2, 0.25) is 0 Å². The van der Waals surface area contributed by atoms with Crippen molar-refractivity contribution < 1.29 is 4.42 Å². The maximum Gasteiger partial charge on any atom is 0.122 e. The van der Waals surface area contributed by atoms with Crippen molar-refractivity contribution in [3.63, 3.8) is 0 Å². The number of rotatable bonds is 4. The Morgan fingerprint density at radius 1 is 1.40 bits per heavy atom. The molecule has 108 valence electrons. The second-order valence-electron chi connectivity index (χ2n) is 5.87. The van der Waals surface area contributed by atoms with Crippen LogP contribution in [0.1, 0.15) is 11.6 Å². The Kier molecular flexibility index (Phi) is 3.89. The Morgan fingerprint density at radius 2 is 2.30 bits per heavy atom. The molecule has 0 fully saturated rings. The van der Waals surface area contributed by atoms with Crippen LogP contribution in [0, 0.1) is 5.92 Å². The summed E-state index contributed by atoms with van der Waals surface area (Å²) in [4.78, 5) is 9.18. The number of hydrogen-bond donors (Lipinski definition) is 0. The maximum atomic E-state index is 5.48. The molecular formula is C15H22N4O. The number of aromatic nitrogens is 2. The molecule has 3 rings (SSSR count). The van der Waals surface area contributed by atoms with Gasteiger partial charge in [-0.05, 0) is 26.2 Å². The average Bonchev–Trinajstić information content (AvgIpc) is 2.99. The summed E-state index contributed by atoms with van der Waals surface area (Å²) in [5.74, 6) is 2.78. The highest BCUT2D eigenvalue weighted by atomic mass is 16.3. The highest BCUT2D eigenvalue weighted by Crippen LogP contribution is 2.18. The van der Waals surface area contributed by atoms with Crippen molar-refractivity contribution in [3.05, 3.63) is 42.4 Å². The minimum atomic E-state index is 0.607. The Hall–Kier alpha value is -1.59. The lowest BCUT2D eigenvalue weighted by Gasteiger charge is -2.25. The third kappa shape index (κ3) is 3.11. The van der Waals surface area contributed by atoms with E-state index in [1.807, 2.05) is 18.3 Å². The zero-order chi connectivity index (χ0) is 13.9. The molecule has 1 unspecified atom stereocenters. The lowest BCUT2D eigenvalue weighted by molar-refractivity contribution is 0.183. The van der Waals surface area contributed by atoms with Gasteiger partial charge in [-0.15, -0.1) is 0 Å². The summed E-state index contributed by atoms with van der Waals surface area (Å²) >= 11 is 0. The first-order chi connectivity index (χ1) is 9.70. The molecule has 0 saturated carbocycles. The molecule has 5 heteroatoms. The number of imidazole rings is 1. The predicted molar refractivity (Wildman–Crippen MR) is 77.1 cm³/mol. The number of furan rings is 1. The molecule has 20 heavy (non-hydrogen) atoms. The smallest absolute Gasteiger partial charge is 0.122 e. The summed E-state index contributed by atoms with van der Waals surface area (Å²) in [5, 5.41) is 0. The van der Waals surface area contributed by atoms with E-state index in [2.05, 4.69) is 39.6 Å². The Labute approximate surface area is 119 Å². The van der Waals surface area contributed by atoms with Crippen LogP contribution in [0.2, 0.25) is 0 Å². The average molecular weight is 274 g/mol. The van der Waals surface area contributed by atoms with Gasteiger partial charge >= 0.3 is 0 Å². The molecule has 5 nitrogen and oxygen atoms in total. The van der Waals surface area contributed by atoms with E-state index in [-0.39, 0.29) is 0 Å². The van der Waals surface area contributed by atoms with Crippen LogP contribution in [0.3, 0.4) is 0 Å². The predicted octanol–water partition coefficient (Wildman–Crippen LogP) is 1.67. The van der Waals surface area contributed by atoms with Crippen LogP contribution in [-0.2, 0) is 19.6 Å². The molecule has 3 heterocycles. The van der Waals surface area contributed by atoms with Crippen LogP contribution < -0.4 is 0 Å². The van der Waals surface area contributed by atoms with Crippen molar-refractivity contribution in [2.75, 3.05) is 27.2 Å². The third-order valence-corrected chi connectivity index (χ3v) is 3.72. The summed E-state index contributed by atoms with van der Waals surface area (Å²) in [5.41, 5.74) is 0. The molecule has 2 aromatic heterocycles. The second-order valence-corrected chi connectivity index (χ2v) is 5.87. The first kappa shape index (κ1) is 13.4. The van der Waals surface area contributed by atoms with E-state index in [1.54, 1.807) is 6.26 Å². The van der Waals surface area contributed by atoms with Gasteiger partial charge in [0.05, 0.1) is 19.4 Å². The van der Waals surface area contributed by atoms with E-state index in [0.717, 1.165) is 44.3 Å². The first-order valence-electron chi connectivity index (χ1n) is 7.10. The van der Waals surface area contributed by atoms with Gasteiger partial charge in [0.1, 0.15) is 11.6 Å². The van der Waals surface area contributed by atoms with Crippen LogP contribution in [0.25, 0.3) is 0 Å². The standard InChI is InChI=1S/C15H22N4O/c1-17(2)8-13-9-18(11-14-4-3-7-20-14)12-15-16-5-6-19(15)10-13/h3-7,13H,8-12H2,1-2H3. The van der Waals surface area contributed by atoms with Crippen LogP contribution in [0.4, 0.5) is 0 Å². The number of fused-ring (bicyclic) bond motifs is 1. The maximum absolute atomic E-state index is 5.48. The van der Waals surface area contributed by atoms with Gasteiger partial charge < -0.3 is 13.9 Å². The van der Waals surface area contributed by atoms with E-state index >= 15 is 0 Å². The topological polar surface area (TPSA) is 37.4 Å². The lowest BCUT2D eigenvalue weighted by atomic mass is 10.1. The quantitative estimate of drug-likeness (QED) is 0.850. The summed E-state index contributed by atoms with van der Waals surface area (Å²) in [7, 11) is 4.27. The van der Waals surface area contributed by atoms with E-state index in [0.29, 0.717) is 5.92 Å². The molecule has 0 saturated heterocycles. The number of hydrogen-bond acceptors (Lipinski definition) is 4. The van der Waals surface area contributed by atoms with E-state index < -0.39 is 0 Å². The molecule has 1 aliphatic heterocycles. The third-order valence-electron chi connectivity index (χ3n) is 3.72. The van der Waals surface area contributed by atoms with Crippen molar-refractivity contribution >= 4 is 0 Å². The molecule has 0 amide bonds. The molecular weight excluding hydrogens is 252 g/mol. The molecule has 0 aromatic carbocycles. The zero-order valence-corrected chi connectivity index (χ0v) is 12.2. The Morgan fingerprint density at radius 3 is 3.05 bits per heavy atom. The fraction of sp³-hybridized carbons (Fsp3) is 0.533. The summed E-state index contributed by atoms with van der Waals surface area (Å²) in [6.07, 6.45) is 5.73. The zero-order valence-electron chi connectivity index (χ0n) is 12.2. The van der Waals surface area contributed by atoms with Crippen molar-refractivity contribution in [2.24, 2.45) is 5.92 Å². The van der Waals surface area contributed by atoms with Crippen LogP contribution >= 0.6 is 0 Å². The Bertz CT molecular complexity index is 532. The fourth-order valence-electron chi connectivity index (χ4n) is 3.00. The van der Waals surface area contributed by atoms with Gasteiger partial charge in [0.15, 0.2) is 0 Å². The number of nitrogens with zero attached hydrogens (tertiary/aromatic N) is 4. The molecule has 1 aliphatic rings. The van der Waals surface area contributed by atoms with E-state index in [1.165, 1.54) is 0 Å². The van der Waals surface area contributed by atoms with Gasteiger partial charge in [-0.2, -0.15) is 0 Å². The monoisotopic (exact) mass is 274 g/mol. The first-order valence-corrected chi connectivity index (χ1v) is 7.10. The van der Waals surface area contributed by atoms with Gasteiger partial charge in [0, 0.05) is 37.9 Å². The highest BCUT2D eigenvalue weighted by Gasteiger charge is 2.23. The SMILES string of the molecule is CN(C)CC1CN(Cc2ccco2)Cc2nccn2C1. The molecule has 0 bridgehead atoms. The lowest BCUT2D eigenvalue weighted by Crippen LogP contribution is -2.33. The second kappa shape index (κ2) is 5.81. The van der Waals surface area contributed by atoms with Gasteiger partial charge in [0.25, 0.3) is 0 Å². The summed E-state index contributed by atoms with van der Waals surface area (Å²) < 4.78 is 7.77. The molecule has 0 spiro atoms. The molecule has 1 atom stereocenters. The fourth-order valence-corrected chi connectivity index (χ4v) is 3.00. The van der Waals surface area contributed by atoms with E-state index in [9.17, 15) is 0 Å². The largest absolute Gasteiger partial charge is 0.468 e. The highest BCUT2D eigenvalue weighted by molar-refractivity contribution is 5.01. The molecule has 0 N–H and O–H groups in total. The van der Waals surface area contributed by atoms with Crippen molar-refractivity contribution in [2.45, 2.75) is 19.6 Å². The van der Waals surface area contributed by atoms with Crippen LogP contribution in [0.5, 0.6) is 0 Å². The Balaban J connectivity index is 1.76. The van der Waals surface area contributed by atoms with Gasteiger partial charge in [-0.3, -0.25) is 4.90 Å². The molecule has 0 aliphatic carbocycles. The van der Waals surface area contributed by atoms with Gasteiger partial charge in [-0.25, -0.2) is 4.98 Å². The molecule has 2 aromatic rings. The van der Waals surface area contributed by atoms with E-state index in [4.69, 9.17) is 4.42 Å². The summed E-state index contributed by atoms with van der Waals surface area (Å²) in [6, 6.07) is 3.99. The van der Waals surface area contributed by atoms with Crippen LogP contribution in [-0.4, -0.2) is 46.5 Å².